The van der Waals surface area contributed by atoms with E-state index in [-0.39, 0.29) is 5.91 Å². The average molecular weight is 208 g/mol. The summed E-state index contributed by atoms with van der Waals surface area (Å²) in [5.74, 6) is 0.0604. The second-order valence-corrected chi connectivity index (χ2v) is 4.46. The van der Waals surface area contributed by atoms with Crippen LogP contribution in [0.1, 0.15) is 34.5 Å². The largest absolute Gasteiger partial charge is 0.350 e. The molecule has 0 N–H and O–H groups in total. The molecule has 1 aromatic rings. The fourth-order valence-corrected chi connectivity index (χ4v) is 2.68. The Bertz CT molecular complexity index is 410. The predicted octanol–water partition coefficient (Wildman–Crippen LogP) is 1.62. The minimum absolute atomic E-state index is 0.0604. The van der Waals surface area contributed by atoms with E-state index in [0.29, 0.717) is 6.54 Å². The quantitative estimate of drug-likeness (QED) is 0.644. The van der Waals surface area contributed by atoms with Gasteiger partial charge in [0.15, 0.2) is 0 Å². The van der Waals surface area contributed by atoms with Gasteiger partial charge in [0.25, 0.3) is 5.91 Å². The van der Waals surface area contributed by atoms with Gasteiger partial charge < -0.3 is 4.57 Å². The summed E-state index contributed by atoms with van der Waals surface area (Å²) in [5.41, 5.74) is 3.44. The van der Waals surface area contributed by atoms with Crippen LogP contribution in [-0.4, -0.2) is 14.8 Å². The first kappa shape index (κ1) is 8.41. The molecule has 1 aromatic heterocycles. The van der Waals surface area contributed by atoms with E-state index in [2.05, 4.69) is 17.4 Å². The van der Waals surface area contributed by atoms with E-state index in [4.69, 9.17) is 0 Å². The molecular formula is C10H12N2OS. The van der Waals surface area contributed by atoms with Crippen LogP contribution in [0.2, 0.25) is 0 Å². The van der Waals surface area contributed by atoms with Gasteiger partial charge in [-0.3, -0.25) is 9.10 Å². The van der Waals surface area contributed by atoms with Gasteiger partial charge in [-0.25, -0.2) is 0 Å². The molecular weight excluding hydrogens is 196 g/mol. The zero-order valence-electron chi connectivity index (χ0n) is 7.86. The van der Waals surface area contributed by atoms with Crippen molar-refractivity contribution in [1.29, 1.82) is 0 Å². The van der Waals surface area contributed by atoms with Crippen LogP contribution in [0.15, 0.2) is 6.20 Å². The molecule has 0 atom stereocenters. The smallest absolute Gasteiger partial charge is 0.265 e. The van der Waals surface area contributed by atoms with Crippen LogP contribution in [0.25, 0.3) is 0 Å². The molecule has 0 spiro atoms. The highest BCUT2D eigenvalue weighted by molar-refractivity contribution is 7.78. The molecule has 3 heterocycles. The molecule has 0 bridgehead atoms. The van der Waals surface area contributed by atoms with Gasteiger partial charge in [0.2, 0.25) is 0 Å². The monoisotopic (exact) mass is 208 g/mol. The van der Waals surface area contributed by atoms with E-state index in [1.807, 2.05) is 6.20 Å². The number of fused-ring (bicyclic) bond motifs is 3. The maximum atomic E-state index is 11.7. The summed E-state index contributed by atoms with van der Waals surface area (Å²) >= 11 is 4.14. The Labute approximate surface area is 88.2 Å². The molecule has 0 aliphatic carbocycles. The van der Waals surface area contributed by atoms with Gasteiger partial charge in [-0.05, 0) is 19.3 Å². The zero-order valence-corrected chi connectivity index (χ0v) is 8.76. The van der Waals surface area contributed by atoms with Crippen molar-refractivity contribution in [2.75, 3.05) is 0 Å². The van der Waals surface area contributed by atoms with Crippen molar-refractivity contribution < 1.29 is 4.79 Å². The summed E-state index contributed by atoms with van der Waals surface area (Å²) in [6.07, 6.45) is 5.60. The lowest BCUT2D eigenvalue weighted by Gasteiger charge is -2.17. The van der Waals surface area contributed by atoms with E-state index in [0.717, 1.165) is 18.5 Å². The molecule has 3 nitrogen and oxygen atoms in total. The van der Waals surface area contributed by atoms with Crippen molar-refractivity contribution in [3.05, 3.63) is 23.0 Å². The Hall–Kier alpha value is -0.900. The molecule has 14 heavy (non-hydrogen) atoms. The van der Waals surface area contributed by atoms with Gasteiger partial charge >= 0.3 is 0 Å². The van der Waals surface area contributed by atoms with Crippen LogP contribution >= 0.6 is 12.8 Å². The SMILES string of the molecule is O=C1c2cn3c(c2CN1S)CCCC3. The van der Waals surface area contributed by atoms with Crippen LogP contribution in [0.5, 0.6) is 0 Å². The molecule has 0 unspecified atom stereocenters. The molecule has 2 aliphatic heterocycles. The first-order valence-electron chi connectivity index (χ1n) is 4.99. The van der Waals surface area contributed by atoms with Crippen LogP contribution in [0.4, 0.5) is 0 Å². The second-order valence-electron chi connectivity index (χ2n) is 3.98. The van der Waals surface area contributed by atoms with Gasteiger partial charge in [-0.2, -0.15) is 0 Å². The van der Waals surface area contributed by atoms with Gasteiger partial charge in [0.05, 0.1) is 12.1 Å². The molecule has 0 aromatic carbocycles. The number of hydrogen-bond donors (Lipinski definition) is 1. The topological polar surface area (TPSA) is 25.2 Å². The van der Waals surface area contributed by atoms with Crippen molar-refractivity contribution >= 4 is 18.7 Å². The van der Waals surface area contributed by atoms with Crippen molar-refractivity contribution in [1.82, 2.24) is 8.87 Å². The van der Waals surface area contributed by atoms with E-state index in [1.165, 1.54) is 28.4 Å². The highest BCUT2D eigenvalue weighted by atomic mass is 32.1. The summed E-state index contributed by atoms with van der Waals surface area (Å²) in [6.45, 7) is 1.75. The van der Waals surface area contributed by atoms with Gasteiger partial charge in [0, 0.05) is 24.0 Å². The molecule has 4 heteroatoms. The Morgan fingerprint density at radius 3 is 3.07 bits per heavy atom. The summed E-state index contributed by atoms with van der Waals surface area (Å²) in [7, 11) is 0. The predicted molar refractivity (Wildman–Crippen MR) is 56.2 cm³/mol. The molecule has 0 saturated heterocycles. The lowest BCUT2D eigenvalue weighted by Crippen LogP contribution is -2.15. The lowest BCUT2D eigenvalue weighted by atomic mass is 10.1. The minimum Gasteiger partial charge on any atom is -0.350 e. The maximum Gasteiger partial charge on any atom is 0.265 e. The fraction of sp³-hybridized carbons (Fsp3) is 0.500. The van der Waals surface area contributed by atoms with Crippen molar-refractivity contribution in [3.8, 4) is 0 Å². The number of rotatable bonds is 0. The maximum absolute atomic E-state index is 11.7. The molecule has 2 aliphatic rings. The Balaban J connectivity index is 2.14. The molecule has 74 valence electrons. The van der Waals surface area contributed by atoms with E-state index in [9.17, 15) is 4.79 Å². The van der Waals surface area contributed by atoms with Gasteiger partial charge in [-0.1, -0.05) is 12.8 Å². The number of aromatic nitrogens is 1. The van der Waals surface area contributed by atoms with Gasteiger partial charge in [-0.15, -0.1) is 0 Å². The fourth-order valence-electron chi connectivity index (χ4n) is 2.43. The van der Waals surface area contributed by atoms with Crippen LogP contribution in [-0.2, 0) is 19.5 Å². The Kier molecular flexibility index (Phi) is 1.68. The molecule has 0 saturated carbocycles. The zero-order chi connectivity index (χ0) is 9.71. The summed E-state index contributed by atoms with van der Waals surface area (Å²) in [5, 5.41) is 0. The van der Waals surface area contributed by atoms with Crippen LogP contribution in [0, 0.1) is 0 Å². The highest BCUT2D eigenvalue weighted by Gasteiger charge is 2.31. The Morgan fingerprint density at radius 1 is 1.36 bits per heavy atom. The first-order valence-corrected chi connectivity index (χ1v) is 5.39. The average Bonchev–Trinajstić information content (AvgIpc) is 2.67. The van der Waals surface area contributed by atoms with Crippen LogP contribution in [0.3, 0.4) is 0 Å². The molecule has 3 rings (SSSR count). The highest BCUT2D eigenvalue weighted by Crippen LogP contribution is 2.31. The van der Waals surface area contributed by atoms with Crippen molar-refractivity contribution in [2.45, 2.75) is 32.4 Å². The number of aryl methyl sites for hydroxylation is 1. The molecule has 0 radical (unpaired) electrons. The third-order valence-electron chi connectivity index (χ3n) is 3.14. The third-order valence-corrected chi connectivity index (χ3v) is 3.46. The van der Waals surface area contributed by atoms with Crippen LogP contribution < -0.4 is 0 Å². The summed E-state index contributed by atoms with van der Waals surface area (Å²) in [4.78, 5) is 11.7. The summed E-state index contributed by atoms with van der Waals surface area (Å²) in [6, 6.07) is 0. The van der Waals surface area contributed by atoms with E-state index in [1.54, 1.807) is 0 Å². The van der Waals surface area contributed by atoms with Gasteiger partial charge in [0.1, 0.15) is 0 Å². The second kappa shape index (κ2) is 2.79. The molecule has 0 fully saturated rings. The normalized spacial score (nSPS) is 19.8. The number of amides is 1. The number of carbonyl (C=O) groups is 1. The molecule has 1 amide bonds. The van der Waals surface area contributed by atoms with E-state index >= 15 is 0 Å². The summed E-state index contributed by atoms with van der Waals surface area (Å²) < 4.78 is 3.74. The number of carbonyl (C=O) groups excluding carboxylic acids is 1. The third kappa shape index (κ3) is 0.974. The van der Waals surface area contributed by atoms with Crippen molar-refractivity contribution in [2.24, 2.45) is 0 Å². The number of thiol groups is 1. The Morgan fingerprint density at radius 2 is 2.21 bits per heavy atom. The van der Waals surface area contributed by atoms with Crippen molar-refractivity contribution in [3.63, 3.8) is 0 Å². The lowest BCUT2D eigenvalue weighted by molar-refractivity contribution is 0.0890. The number of hydrogen-bond acceptors (Lipinski definition) is 2. The minimum atomic E-state index is 0.0604. The standard InChI is InChI=1S/C10H12N2OS/c13-10-8-5-11-4-2-1-3-9(11)7(8)6-12(10)14/h5,14H,1-4,6H2. The van der Waals surface area contributed by atoms with E-state index < -0.39 is 0 Å². The number of nitrogens with zero attached hydrogens (tertiary/aromatic N) is 2. The first-order chi connectivity index (χ1) is 6.77.